The summed E-state index contributed by atoms with van der Waals surface area (Å²) >= 11 is 0. The minimum absolute atomic E-state index is 0.125. The van der Waals surface area contributed by atoms with Crippen molar-refractivity contribution in [3.8, 4) is 11.5 Å². The lowest BCUT2D eigenvalue weighted by Gasteiger charge is -2.39. The molecule has 10 nitrogen and oxygen atoms in total. The van der Waals surface area contributed by atoms with Gasteiger partial charge < -0.3 is 29.2 Å². The maximum atomic E-state index is 14.1. The largest absolute Gasteiger partial charge is 0.491 e. The van der Waals surface area contributed by atoms with Gasteiger partial charge in [0.05, 0.1) is 59.9 Å². The lowest BCUT2D eigenvalue weighted by atomic mass is 9.69. The number of aliphatic hydroxyl groups excluding tert-OH is 2. The van der Waals surface area contributed by atoms with Gasteiger partial charge in [0.2, 0.25) is 0 Å². The predicted molar refractivity (Wildman–Crippen MR) is 243 cm³/mol. The summed E-state index contributed by atoms with van der Waals surface area (Å²) in [5.41, 5.74) is 1.37. The second-order valence-corrected chi connectivity index (χ2v) is 21.1. The zero-order chi connectivity index (χ0) is 44.4. The molecule has 4 aromatic rings. The molecular formula is C50H66O10S2. The number of unbranched alkanes of at least 4 members (excludes halogenated alkanes) is 2. The first kappa shape index (κ1) is 47.7. The normalized spacial score (nSPS) is 25.2. The van der Waals surface area contributed by atoms with Gasteiger partial charge in [0.25, 0.3) is 0 Å². The molecule has 6 rings (SSSR count). The molecule has 338 valence electrons. The fraction of sp³-hybridized carbons (Fsp3) is 0.520. The molecule has 0 aliphatic carbocycles. The van der Waals surface area contributed by atoms with Crippen LogP contribution in [0.5, 0.6) is 11.5 Å². The molecule has 2 N–H and O–H groups in total. The van der Waals surface area contributed by atoms with Crippen LogP contribution >= 0.6 is 0 Å². The van der Waals surface area contributed by atoms with E-state index in [9.17, 15) is 27.0 Å². The van der Waals surface area contributed by atoms with Gasteiger partial charge >= 0.3 is 0 Å². The quantitative estimate of drug-likeness (QED) is 0.0778. The number of benzene rings is 4. The maximum absolute atomic E-state index is 14.1. The van der Waals surface area contributed by atoms with Crippen molar-refractivity contribution in [3.05, 3.63) is 119 Å². The van der Waals surface area contributed by atoms with Crippen molar-refractivity contribution >= 4 is 19.7 Å². The molecular weight excluding hydrogens is 825 g/mol. The molecule has 2 aliphatic rings. The van der Waals surface area contributed by atoms with Gasteiger partial charge in [-0.25, -0.2) is 16.8 Å². The van der Waals surface area contributed by atoms with Crippen LogP contribution in [-0.4, -0.2) is 90.4 Å². The van der Waals surface area contributed by atoms with Crippen molar-refractivity contribution in [3.63, 3.8) is 0 Å². The SMILES string of the molecule is CCCC[C@@]1(CC)CS(=O)(=O)c2cc(OCCOCCOCCOc3ccc4c(c3)S(=O)(=O)C[C@@](CC)(CCCC)[C@@H](O)[C@H]4c3ccccc3)ccc2[C@@H](c2ccccc2)[C@H]1O. The molecule has 0 unspecified atom stereocenters. The minimum atomic E-state index is -3.76. The Balaban J connectivity index is 1.02. The van der Waals surface area contributed by atoms with Gasteiger partial charge in [-0.3, -0.25) is 0 Å². The van der Waals surface area contributed by atoms with Crippen LogP contribution in [0.3, 0.4) is 0 Å². The molecule has 0 fully saturated rings. The monoisotopic (exact) mass is 890 g/mol. The standard InChI is InChI=1S/C50H66O10S2/c1-5-9-25-49(7-3)35-61(53,54)43-33-39(21-23-41(43)45(47(49)51)37-17-13-11-14-18-37)59-31-29-57-27-28-58-30-32-60-40-22-24-42-44(34-40)62(55,56)36-50(8-4,26-10-6-2)48(52)46(42)38-19-15-12-16-20-38/h11-24,33-34,45-48,51-52H,5-10,25-32,35-36H2,1-4H3/t45-,46+,47-,48+,49+,50-. The molecule has 0 saturated carbocycles. The average Bonchev–Trinajstić information content (AvgIpc) is 3.40. The van der Waals surface area contributed by atoms with Crippen LogP contribution in [0, 0.1) is 10.8 Å². The molecule has 0 spiro atoms. The van der Waals surface area contributed by atoms with Crippen LogP contribution in [0.1, 0.15) is 113 Å². The summed E-state index contributed by atoms with van der Waals surface area (Å²) in [5, 5.41) is 24.1. The third kappa shape index (κ3) is 10.6. The van der Waals surface area contributed by atoms with E-state index in [0.29, 0.717) is 61.5 Å². The summed E-state index contributed by atoms with van der Waals surface area (Å²) < 4.78 is 79.8. The van der Waals surface area contributed by atoms with E-state index in [0.717, 1.165) is 36.8 Å². The number of ether oxygens (including phenoxy) is 4. The second kappa shape index (κ2) is 21.3. The lowest BCUT2D eigenvalue weighted by molar-refractivity contribution is 0.0173. The Hall–Kier alpha value is -3.78. The Morgan fingerprint density at radius 2 is 0.903 bits per heavy atom. The van der Waals surface area contributed by atoms with Gasteiger partial charge in [-0.2, -0.15) is 0 Å². The van der Waals surface area contributed by atoms with Gasteiger partial charge in [-0.15, -0.1) is 0 Å². The Morgan fingerprint density at radius 1 is 0.532 bits per heavy atom. The highest BCUT2D eigenvalue weighted by atomic mass is 32.2. The van der Waals surface area contributed by atoms with Crippen LogP contribution in [0.15, 0.2) is 107 Å². The Labute approximate surface area is 369 Å². The first-order valence-corrected chi connectivity index (χ1v) is 25.8. The van der Waals surface area contributed by atoms with Crippen molar-refractivity contribution in [2.45, 2.75) is 113 Å². The van der Waals surface area contributed by atoms with Gasteiger partial charge in [-0.1, -0.05) is 126 Å². The number of aliphatic hydroxyl groups is 2. The molecule has 0 bridgehead atoms. The maximum Gasteiger partial charge on any atom is 0.179 e. The van der Waals surface area contributed by atoms with Crippen molar-refractivity contribution in [2.75, 3.05) is 51.1 Å². The van der Waals surface area contributed by atoms with E-state index < -0.39 is 54.5 Å². The van der Waals surface area contributed by atoms with Crippen LogP contribution in [0.25, 0.3) is 0 Å². The lowest BCUT2D eigenvalue weighted by Crippen LogP contribution is -2.42. The Morgan fingerprint density at radius 3 is 1.26 bits per heavy atom. The Kier molecular flexibility index (Phi) is 16.4. The number of hydrogen-bond donors (Lipinski definition) is 2. The van der Waals surface area contributed by atoms with E-state index >= 15 is 0 Å². The van der Waals surface area contributed by atoms with Crippen LogP contribution < -0.4 is 9.47 Å². The third-order valence-electron chi connectivity index (χ3n) is 13.3. The number of fused-ring (bicyclic) bond motifs is 2. The molecule has 4 aromatic carbocycles. The van der Waals surface area contributed by atoms with E-state index in [-0.39, 0.29) is 47.7 Å². The minimum Gasteiger partial charge on any atom is -0.491 e. The van der Waals surface area contributed by atoms with Crippen molar-refractivity contribution in [1.29, 1.82) is 0 Å². The molecule has 0 saturated heterocycles. The molecule has 12 heteroatoms. The summed E-state index contributed by atoms with van der Waals surface area (Å²) in [6, 6.07) is 29.6. The number of hydrogen-bond acceptors (Lipinski definition) is 10. The van der Waals surface area contributed by atoms with Gasteiger partial charge in [0.15, 0.2) is 19.7 Å². The predicted octanol–water partition coefficient (Wildman–Crippen LogP) is 8.91. The van der Waals surface area contributed by atoms with Crippen LogP contribution in [-0.2, 0) is 29.1 Å². The van der Waals surface area contributed by atoms with Gasteiger partial charge in [0, 0.05) is 22.7 Å². The molecule has 2 aliphatic heterocycles. The van der Waals surface area contributed by atoms with E-state index in [4.69, 9.17) is 18.9 Å². The topological polar surface area (TPSA) is 146 Å². The van der Waals surface area contributed by atoms with Gasteiger partial charge in [0.1, 0.15) is 24.7 Å². The summed E-state index contributed by atoms with van der Waals surface area (Å²) in [4.78, 5) is 0.407. The smallest absolute Gasteiger partial charge is 0.179 e. The zero-order valence-electron chi connectivity index (χ0n) is 36.8. The highest BCUT2D eigenvalue weighted by molar-refractivity contribution is 7.91. The molecule has 0 aromatic heterocycles. The highest BCUT2D eigenvalue weighted by Crippen LogP contribution is 2.51. The first-order valence-electron chi connectivity index (χ1n) is 22.5. The van der Waals surface area contributed by atoms with Crippen LogP contribution in [0.2, 0.25) is 0 Å². The van der Waals surface area contributed by atoms with E-state index in [1.807, 2.05) is 74.5 Å². The molecule has 62 heavy (non-hydrogen) atoms. The number of sulfone groups is 2. The second-order valence-electron chi connectivity index (χ2n) is 17.1. The van der Waals surface area contributed by atoms with Crippen molar-refractivity contribution in [2.24, 2.45) is 10.8 Å². The summed E-state index contributed by atoms with van der Waals surface area (Å²) in [5.74, 6) is -0.412. The zero-order valence-corrected chi connectivity index (χ0v) is 38.5. The Bertz CT molecular complexity index is 2110. The molecule has 6 atom stereocenters. The van der Waals surface area contributed by atoms with E-state index in [1.54, 1.807) is 36.4 Å². The highest BCUT2D eigenvalue weighted by Gasteiger charge is 2.50. The van der Waals surface area contributed by atoms with Gasteiger partial charge in [-0.05, 0) is 72.2 Å². The molecule has 0 radical (unpaired) electrons. The fourth-order valence-electron chi connectivity index (χ4n) is 9.67. The van der Waals surface area contributed by atoms with E-state index in [1.165, 1.54) is 0 Å². The summed E-state index contributed by atoms with van der Waals surface area (Å²) in [7, 11) is -7.52. The van der Waals surface area contributed by atoms with E-state index in [2.05, 4.69) is 13.8 Å². The van der Waals surface area contributed by atoms with Crippen LogP contribution in [0.4, 0.5) is 0 Å². The third-order valence-corrected chi connectivity index (χ3v) is 17.3. The van der Waals surface area contributed by atoms with Crippen molar-refractivity contribution in [1.82, 2.24) is 0 Å². The summed E-state index contributed by atoms with van der Waals surface area (Å²) in [6.45, 7) is 9.62. The molecule has 2 heterocycles. The fourth-order valence-corrected chi connectivity index (χ4v) is 14.2. The first-order chi connectivity index (χ1) is 29.8. The average molecular weight is 891 g/mol. The summed E-state index contributed by atoms with van der Waals surface area (Å²) in [6.07, 6.45) is 4.07. The number of rotatable bonds is 21. The van der Waals surface area contributed by atoms with Crippen molar-refractivity contribution < 1.29 is 46.0 Å². The molecule has 0 amide bonds.